The highest BCUT2D eigenvalue weighted by molar-refractivity contribution is 6.08. The Hall–Kier alpha value is -3.94. The number of urea groups is 1. The van der Waals surface area contributed by atoms with E-state index in [2.05, 4.69) is 31.2 Å². The molecule has 29 heavy (non-hydrogen) atoms. The van der Waals surface area contributed by atoms with Gasteiger partial charge >= 0.3 is 6.03 Å². The summed E-state index contributed by atoms with van der Waals surface area (Å²) in [5.74, 6) is 0.0304. The highest BCUT2D eigenvalue weighted by Crippen LogP contribution is 2.21. The summed E-state index contributed by atoms with van der Waals surface area (Å²) in [6, 6.07) is 14.2. The number of nitrogens with zero attached hydrogens (tertiary/aromatic N) is 2. The van der Waals surface area contributed by atoms with Crippen LogP contribution in [-0.2, 0) is 6.54 Å². The van der Waals surface area contributed by atoms with Crippen molar-refractivity contribution in [3.63, 3.8) is 0 Å². The molecule has 2 heterocycles. The van der Waals surface area contributed by atoms with Gasteiger partial charge in [-0.15, -0.1) is 0 Å². The maximum atomic E-state index is 12.8. The van der Waals surface area contributed by atoms with E-state index in [1.54, 1.807) is 30.6 Å². The molecule has 4 N–H and O–H groups in total. The smallest absolute Gasteiger partial charge is 0.320 e. The topological polar surface area (TPSA) is 108 Å². The van der Waals surface area contributed by atoms with E-state index in [9.17, 15) is 9.59 Å². The minimum Gasteiger partial charge on any atom is -0.380 e. The Morgan fingerprint density at radius 2 is 1.83 bits per heavy atom. The largest absolute Gasteiger partial charge is 0.380 e. The van der Waals surface area contributed by atoms with Crippen molar-refractivity contribution in [3.05, 3.63) is 78.2 Å². The summed E-state index contributed by atoms with van der Waals surface area (Å²) in [7, 11) is 0. The summed E-state index contributed by atoms with van der Waals surface area (Å²) in [4.78, 5) is 32.9. The molecular formula is C21H22N6O2. The highest BCUT2D eigenvalue weighted by atomic mass is 16.2. The standard InChI is InChI=1S/C21H22N6O2/c1-2-23-21(29)27-19-11-18(24-13-15-7-6-10-22-12-15)17(14-25-19)20(28)26-16-8-4-3-5-9-16/h3-12,14H,2,13H2,1H3,(H,26,28)(H3,23,24,25,27,29). The van der Waals surface area contributed by atoms with Gasteiger partial charge in [0.05, 0.1) is 11.3 Å². The predicted molar refractivity (Wildman–Crippen MR) is 113 cm³/mol. The quantitative estimate of drug-likeness (QED) is 0.494. The lowest BCUT2D eigenvalue weighted by molar-refractivity contribution is 0.102. The summed E-state index contributed by atoms with van der Waals surface area (Å²) in [6.07, 6.45) is 4.88. The highest BCUT2D eigenvalue weighted by Gasteiger charge is 2.14. The van der Waals surface area contributed by atoms with E-state index in [0.717, 1.165) is 5.56 Å². The molecule has 8 nitrogen and oxygen atoms in total. The van der Waals surface area contributed by atoms with Crippen molar-refractivity contribution in [2.45, 2.75) is 13.5 Å². The van der Waals surface area contributed by atoms with Crippen molar-refractivity contribution in [2.24, 2.45) is 0 Å². The number of anilines is 3. The lowest BCUT2D eigenvalue weighted by atomic mass is 10.2. The molecule has 0 saturated heterocycles. The molecule has 3 amide bonds. The maximum Gasteiger partial charge on any atom is 0.320 e. The monoisotopic (exact) mass is 390 g/mol. The fourth-order valence-electron chi connectivity index (χ4n) is 2.59. The van der Waals surface area contributed by atoms with Crippen LogP contribution in [0, 0.1) is 0 Å². The molecular weight excluding hydrogens is 368 g/mol. The van der Waals surface area contributed by atoms with Crippen LogP contribution in [0.5, 0.6) is 0 Å². The van der Waals surface area contributed by atoms with Crippen LogP contribution in [0.2, 0.25) is 0 Å². The normalized spacial score (nSPS) is 10.1. The van der Waals surface area contributed by atoms with Crippen LogP contribution < -0.4 is 21.3 Å². The Morgan fingerprint density at radius 3 is 2.55 bits per heavy atom. The third-order valence-corrected chi connectivity index (χ3v) is 3.96. The molecule has 148 valence electrons. The number of nitrogens with one attached hydrogen (secondary N) is 4. The molecule has 0 aliphatic heterocycles. The second kappa shape index (κ2) is 9.84. The molecule has 0 fully saturated rings. The van der Waals surface area contributed by atoms with Gasteiger partial charge in [0.25, 0.3) is 5.91 Å². The van der Waals surface area contributed by atoms with Crippen LogP contribution in [0.1, 0.15) is 22.8 Å². The second-order valence-corrected chi connectivity index (χ2v) is 6.13. The first-order valence-corrected chi connectivity index (χ1v) is 9.19. The molecule has 0 saturated carbocycles. The van der Waals surface area contributed by atoms with E-state index in [1.807, 2.05) is 37.3 Å². The van der Waals surface area contributed by atoms with Gasteiger partial charge in [0.15, 0.2) is 0 Å². The Bertz CT molecular complexity index is 963. The van der Waals surface area contributed by atoms with Crippen LogP contribution >= 0.6 is 0 Å². The Morgan fingerprint density at radius 1 is 1.00 bits per heavy atom. The van der Waals surface area contributed by atoms with Crippen LogP contribution in [0.4, 0.5) is 22.0 Å². The minimum absolute atomic E-state index is 0.304. The minimum atomic E-state index is -0.361. The summed E-state index contributed by atoms with van der Waals surface area (Å²) in [5, 5.41) is 11.4. The number of benzene rings is 1. The van der Waals surface area contributed by atoms with Crippen LogP contribution in [0.3, 0.4) is 0 Å². The summed E-state index contributed by atoms with van der Waals surface area (Å²) < 4.78 is 0. The number of pyridine rings is 2. The van der Waals surface area contributed by atoms with Crippen molar-refractivity contribution < 1.29 is 9.59 Å². The van der Waals surface area contributed by atoms with Crippen molar-refractivity contribution >= 4 is 29.1 Å². The van der Waals surface area contributed by atoms with Crippen LogP contribution in [0.15, 0.2) is 67.1 Å². The van der Waals surface area contributed by atoms with Gasteiger partial charge in [0.1, 0.15) is 5.82 Å². The van der Waals surface area contributed by atoms with E-state index < -0.39 is 0 Å². The third kappa shape index (κ3) is 5.77. The summed E-state index contributed by atoms with van der Waals surface area (Å²) >= 11 is 0. The fourth-order valence-corrected chi connectivity index (χ4v) is 2.59. The van der Waals surface area contributed by atoms with Crippen molar-refractivity contribution in [3.8, 4) is 0 Å². The number of hydrogen-bond donors (Lipinski definition) is 4. The molecule has 0 spiro atoms. The summed E-state index contributed by atoms with van der Waals surface area (Å²) in [6.45, 7) is 2.78. The second-order valence-electron chi connectivity index (χ2n) is 6.13. The molecule has 2 aromatic heterocycles. The number of carbonyl (C=O) groups is 2. The third-order valence-electron chi connectivity index (χ3n) is 3.96. The molecule has 3 aromatic rings. The van der Waals surface area contributed by atoms with Crippen molar-refractivity contribution in [2.75, 3.05) is 22.5 Å². The lowest BCUT2D eigenvalue weighted by Gasteiger charge is -2.14. The number of para-hydroxylation sites is 1. The van der Waals surface area contributed by atoms with E-state index in [4.69, 9.17) is 0 Å². The SMILES string of the molecule is CCNC(=O)Nc1cc(NCc2cccnc2)c(C(=O)Nc2ccccc2)cn1. The average Bonchev–Trinajstić information content (AvgIpc) is 2.74. The van der Waals surface area contributed by atoms with Crippen LogP contribution in [0.25, 0.3) is 0 Å². The molecule has 0 unspecified atom stereocenters. The van der Waals surface area contributed by atoms with Crippen molar-refractivity contribution in [1.29, 1.82) is 0 Å². The molecule has 0 aliphatic rings. The van der Waals surface area contributed by atoms with E-state index in [0.29, 0.717) is 35.8 Å². The number of rotatable bonds is 7. The molecule has 0 radical (unpaired) electrons. The molecule has 8 heteroatoms. The van der Waals surface area contributed by atoms with Gasteiger partial charge in [0.2, 0.25) is 0 Å². The van der Waals surface area contributed by atoms with E-state index >= 15 is 0 Å². The molecule has 0 bridgehead atoms. The van der Waals surface area contributed by atoms with E-state index in [1.165, 1.54) is 6.20 Å². The Kier molecular flexibility index (Phi) is 6.72. The number of aromatic nitrogens is 2. The zero-order chi connectivity index (χ0) is 20.5. The molecule has 0 aliphatic carbocycles. The van der Waals surface area contributed by atoms with Gasteiger partial charge in [-0.25, -0.2) is 9.78 Å². The molecule has 3 rings (SSSR count). The zero-order valence-electron chi connectivity index (χ0n) is 16.0. The van der Waals surface area contributed by atoms with E-state index in [-0.39, 0.29) is 11.9 Å². The fraction of sp³-hybridized carbons (Fsp3) is 0.143. The van der Waals surface area contributed by atoms with Gasteiger partial charge in [-0.3, -0.25) is 15.1 Å². The Balaban J connectivity index is 1.82. The first-order valence-electron chi connectivity index (χ1n) is 9.19. The van der Waals surface area contributed by atoms with Gasteiger partial charge in [-0.2, -0.15) is 0 Å². The Labute approximate surface area is 168 Å². The van der Waals surface area contributed by atoms with Gasteiger partial charge < -0.3 is 16.0 Å². The van der Waals surface area contributed by atoms with Gasteiger partial charge in [-0.1, -0.05) is 24.3 Å². The van der Waals surface area contributed by atoms with Gasteiger partial charge in [0, 0.05) is 43.4 Å². The first-order chi connectivity index (χ1) is 14.2. The number of amides is 3. The molecule has 1 aromatic carbocycles. The summed E-state index contributed by atoms with van der Waals surface area (Å²) in [5.41, 5.74) is 2.54. The average molecular weight is 390 g/mol. The first kappa shape index (κ1) is 19.8. The van der Waals surface area contributed by atoms with Crippen LogP contribution in [-0.4, -0.2) is 28.5 Å². The molecule has 0 atom stereocenters. The number of carbonyl (C=O) groups excluding carboxylic acids is 2. The predicted octanol–water partition coefficient (Wildman–Crippen LogP) is 3.48. The number of hydrogen-bond acceptors (Lipinski definition) is 5. The zero-order valence-corrected chi connectivity index (χ0v) is 16.0. The lowest BCUT2D eigenvalue weighted by Crippen LogP contribution is -2.28. The maximum absolute atomic E-state index is 12.8. The van der Waals surface area contributed by atoms with Crippen molar-refractivity contribution in [1.82, 2.24) is 15.3 Å². The van der Waals surface area contributed by atoms with Gasteiger partial charge in [-0.05, 0) is 30.7 Å².